The van der Waals surface area contributed by atoms with Crippen molar-refractivity contribution in [3.05, 3.63) is 11.2 Å². The van der Waals surface area contributed by atoms with E-state index in [1.54, 1.807) is 6.08 Å². The molecule has 68 valence electrons. The first-order chi connectivity index (χ1) is 5.58. The predicted molar refractivity (Wildman–Crippen MR) is 46.8 cm³/mol. The second-order valence-electron chi connectivity index (χ2n) is 2.55. The van der Waals surface area contributed by atoms with Crippen molar-refractivity contribution in [2.24, 2.45) is 10.9 Å². The molecule has 1 aliphatic rings. The Kier molecular flexibility index (Phi) is 2.78. The summed E-state index contributed by atoms with van der Waals surface area (Å²) in [6.07, 6.45) is 1.61. The maximum atomic E-state index is 5.66. The third-order valence-electron chi connectivity index (χ3n) is 1.03. The molecule has 0 spiro atoms. The molecule has 3 N–H and O–H groups in total. The largest absolute Gasteiger partial charge is 0.474 e. The van der Waals surface area contributed by atoms with Gasteiger partial charge in [-0.3, -0.25) is 5.43 Å². The Morgan fingerprint density at radius 1 is 1.75 bits per heavy atom. The molecule has 0 aromatic carbocycles. The monoisotopic (exact) mass is 190 g/mol. The van der Waals surface area contributed by atoms with E-state index in [9.17, 15) is 0 Å². The zero-order chi connectivity index (χ0) is 9.14. The van der Waals surface area contributed by atoms with Gasteiger partial charge in [0.2, 0.25) is 5.90 Å². The number of hydrazone groups is 1. The molecule has 5 nitrogen and oxygen atoms in total. The minimum Gasteiger partial charge on any atom is -0.474 e. The Morgan fingerprint density at radius 3 is 2.92 bits per heavy atom. The average Bonchev–Trinajstić information content (AvgIpc) is 1.81. The van der Waals surface area contributed by atoms with Crippen LogP contribution in [0.3, 0.4) is 0 Å². The minimum atomic E-state index is 0.0518. The van der Waals surface area contributed by atoms with Gasteiger partial charge in [0.05, 0.1) is 6.10 Å². The van der Waals surface area contributed by atoms with Gasteiger partial charge in [-0.2, -0.15) is 0 Å². The fourth-order valence-corrected chi connectivity index (χ4v) is 0.889. The molecule has 0 atom stereocenters. The van der Waals surface area contributed by atoms with Crippen molar-refractivity contribution in [1.29, 1.82) is 0 Å². The summed E-state index contributed by atoms with van der Waals surface area (Å²) in [5.41, 5.74) is 2.55. The van der Waals surface area contributed by atoms with Crippen LogP contribution in [0.4, 0.5) is 0 Å². The van der Waals surface area contributed by atoms with Gasteiger partial charge >= 0.3 is 0 Å². The highest BCUT2D eigenvalue weighted by molar-refractivity contribution is 6.30. The SMILES string of the molecule is CC(C)OC1=NN(N)NC(Cl)=C1. The molecule has 0 aromatic rings. The molecule has 0 saturated carbocycles. The quantitative estimate of drug-likeness (QED) is 0.467. The average molecular weight is 191 g/mol. The molecule has 0 bridgehead atoms. The van der Waals surface area contributed by atoms with Crippen molar-refractivity contribution in [2.45, 2.75) is 20.0 Å². The number of nitrogens with two attached hydrogens (primary N) is 1. The van der Waals surface area contributed by atoms with Crippen molar-refractivity contribution in [2.75, 3.05) is 0 Å². The third kappa shape index (κ3) is 2.60. The number of nitrogens with zero attached hydrogens (tertiary/aromatic N) is 2. The van der Waals surface area contributed by atoms with Gasteiger partial charge in [0.1, 0.15) is 5.16 Å². The van der Waals surface area contributed by atoms with Gasteiger partial charge in [0.25, 0.3) is 0 Å². The Bertz CT molecular complexity index is 226. The van der Waals surface area contributed by atoms with Crippen molar-refractivity contribution in [3.63, 3.8) is 0 Å². The van der Waals surface area contributed by atoms with Gasteiger partial charge in [0.15, 0.2) is 0 Å². The van der Waals surface area contributed by atoms with Crippen LogP contribution in [-0.4, -0.2) is 17.2 Å². The van der Waals surface area contributed by atoms with Gasteiger partial charge in [-0.25, -0.2) is 5.84 Å². The summed E-state index contributed by atoms with van der Waals surface area (Å²) in [5.74, 6) is 5.72. The van der Waals surface area contributed by atoms with E-state index in [1.165, 1.54) is 0 Å². The lowest BCUT2D eigenvalue weighted by molar-refractivity contribution is 0.185. The van der Waals surface area contributed by atoms with Crippen molar-refractivity contribution < 1.29 is 4.74 Å². The van der Waals surface area contributed by atoms with Crippen LogP contribution < -0.4 is 11.3 Å². The second kappa shape index (κ2) is 3.64. The third-order valence-corrected chi connectivity index (χ3v) is 1.23. The van der Waals surface area contributed by atoms with Crippen LogP contribution >= 0.6 is 11.6 Å². The Hall–Kier alpha value is -0.940. The molecular formula is C6H11ClN4O. The molecule has 12 heavy (non-hydrogen) atoms. The number of nitrogens with one attached hydrogen (secondary N) is 1. The highest BCUT2D eigenvalue weighted by Crippen LogP contribution is 2.05. The second-order valence-corrected chi connectivity index (χ2v) is 2.96. The van der Waals surface area contributed by atoms with Gasteiger partial charge in [-0.1, -0.05) is 11.6 Å². The van der Waals surface area contributed by atoms with Gasteiger partial charge in [0, 0.05) is 6.08 Å². The number of hydrogen-bond acceptors (Lipinski definition) is 5. The van der Waals surface area contributed by atoms with Crippen molar-refractivity contribution >= 4 is 17.5 Å². The van der Waals surface area contributed by atoms with E-state index in [-0.39, 0.29) is 6.10 Å². The number of hydrazine groups is 2. The van der Waals surface area contributed by atoms with Crippen LogP contribution in [0.2, 0.25) is 0 Å². The Morgan fingerprint density at radius 2 is 2.42 bits per heavy atom. The fourth-order valence-electron chi connectivity index (χ4n) is 0.709. The van der Waals surface area contributed by atoms with E-state index in [0.29, 0.717) is 11.1 Å². The Balaban J connectivity index is 2.63. The lowest BCUT2D eigenvalue weighted by atomic mass is 10.5. The fraction of sp³-hybridized carbons (Fsp3) is 0.500. The van der Waals surface area contributed by atoms with Crippen molar-refractivity contribution in [1.82, 2.24) is 10.7 Å². The summed E-state index contributed by atoms with van der Waals surface area (Å²) >= 11 is 5.66. The number of ether oxygens (including phenoxy) is 1. The number of rotatable bonds is 1. The van der Waals surface area contributed by atoms with Crippen LogP contribution in [0.15, 0.2) is 16.3 Å². The highest BCUT2D eigenvalue weighted by atomic mass is 35.5. The summed E-state index contributed by atoms with van der Waals surface area (Å²) in [4.78, 5) is 0. The van der Waals surface area contributed by atoms with E-state index in [4.69, 9.17) is 22.2 Å². The van der Waals surface area contributed by atoms with Gasteiger partial charge < -0.3 is 4.74 Å². The van der Waals surface area contributed by atoms with Crippen LogP contribution in [0, 0.1) is 0 Å². The van der Waals surface area contributed by atoms with E-state index in [0.717, 1.165) is 5.23 Å². The highest BCUT2D eigenvalue weighted by Gasteiger charge is 2.10. The molecule has 0 aliphatic carbocycles. The first kappa shape index (κ1) is 9.15. The molecule has 6 heteroatoms. The smallest absolute Gasteiger partial charge is 0.237 e. The summed E-state index contributed by atoms with van der Waals surface area (Å²) in [6.45, 7) is 3.79. The van der Waals surface area contributed by atoms with Crippen LogP contribution in [0.25, 0.3) is 0 Å². The van der Waals surface area contributed by atoms with E-state index < -0.39 is 0 Å². The summed E-state index contributed by atoms with van der Waals surface area (Å²) in [6, 6.07) is 0. The molecule has 0 saturated heterocycles. The topological polar surface area (TPSA) is 62.9 Å². The first-order valence-electron chi connectivity index (χ1n) is 3.52. The molecular weight excluding hydrogens is 180 g/mol. The molecule has 0 radical (unpaired) electrons. The molecule has 0 fully saturated rings. The molecule has 1 aliphatic heterocycles. The molecule has 1 rings (SSSR count). The zero-order valence-electron chi connectivity index (χ0n) is 6.91. The van der Waals surface area contributed by atoms with E-state index in [2.05, 4.69) is 10.5 Å². The first-order valence-corrected chi connectivity index (χ1v) is 3.89. The molecule has 1 heterocycles. The summed E-state index contributed by atoms with van der Waals surface area (Å²) in [7, 11) is 0. The molecule has 0 aromatic heterocycles. The molecule has 0 unspecified atom stereocenters. The van der Waals surface area contributed by atoms with Crippen LogP contribution in [0.5, 0.6) is 0 Å². The van der Waals surface area contributed by atoms with E-state index in [1.807, 2.05) is 13.8 Å². The lowest BCUT2D eigenvalue weighted by Gasteiger charge is -2.20. The number of hydrogen-bond donors (Lipinski definition) is 2. The van der Waals surface area contributed by atoms with Crippen LogP contribution in [-0.2, 0) is 4.74 Å². The van der Waals surface area contributed by atoms with Crippen molar-refractivity contribution in [3.8, 4) is 0 Å². The zero-order valence-corrected chi connectivity index (χ0v) is 7.67. The predicted octanol–water partition coefficient (Wildman–Crippen LogP) is 0.499. The molecule has 0 amide bonds. The summed E-state index contributed by atoms with van der Waals surface area (Å²) in [5, 5.41) is 5.18. The maximum Gasteiger partial charge on any atom is 0.237 e. The lowest BCUT2D eigenvalue weighted by Crippen LogP contribution is -2.41. The normalized spacial score (nSPS) is 16.9. The van der Waals surface area contributed by atoms with E-state index >= 15 is 0 Å². The standard InChI is InChI=1S/C6H11ClN4O/c1-4(2)12-6-3-5(7)9-11(8)10-6/h3-4,9H,8H2,1-2H3. The van der Waals surface area contributed by atoms with Crippen LogP contribution in [0.1, 0.15) is 13.8 Å². The summed E-state index contributed by atoms with van der Waals surface area (Å²) < 4.78 is 5.26. The number of halogens is 1. The Labute approximate surface area is 75.7 Å². The minimum absolute atomic E-state index is 0.0518. The van der Waals surface area contributed by atoms with Gasteiger partial charge in [-0.05, 0) is 13.8 Å². The van der Waals surface area contributed by atoms with Gasteiger partial charge in [-0.15, -0.1) is 10.3 Å². The maximum absolute atomic E-state index is 5.66.